The fraction of sp³-hybridized carbons (Fsp3) is 0.318. The Morgan fingerprint density at radius 2 is 1.87 bits per heavy atom. The molecule has 1 aliphatic rings. The van der Waals surface area contributed by atoms with Crippen LogP contribution in [0, 0.1) is 11.3 Å². The average molecular weight is 470 g/mol. The molecule has 0 radical (unpaired) electrons. The molecule has 4 nitrogen and oxygen atoms in total. The molecule has 2 aromatic rings. The van der Waals surface area contributed by atoms with E-state index in [1.54, 1.807) is 24.3 Å². The topological polar surface area (TPSA) is 57.8 Å². The Bertz CT molecular complexity index is 1140. The lowest BCUT2D eigenvalue weighted by Crippen LogP contribution is -2.29. The monoisotopic (exact) mass is 469 g/mol. The van der Waals surface area contributed by atoms with E-state index in [-0.39, 0.29) is 0 Å². The first-order valence-corrected chi connectivity index (χ1v) is 11.4. The molecular formula is C22H23ClF3N3OS. The van der Waals surface area contributed by atoms with Crippen LogP contribution in [-0.4, -0.2) is 20.7 Å². The van der Waals surface area contributed by atoms with E-state index in [4.69, 9.17) is 11.6 Å². The summed E-state index contributed by atoms with van der Waals surface area (Å²) in [5.74, 6) is -1.43. The Morgan fingerprint density at radius 3 is 2.42 bits per heavy atom. The van der Waals surface area contributed by atoms with E-state index in [2.05, 4.69) is 10.8 Å². The molecular weight excluding hydrogens is 447 g/mol. The van der Waals surface area contributed by atoms with E-state index < -0.39 is 22.9 Å². The fourth-order valence-corrected chi connectivity index (χ4v) is 4.14. The quantitative estimate of drug-likeness (QED) is 0.684. The Hall–Kier alpha value is -2.50. The Balaban J connectivity index is 0.00000166. The predicted molar refractivity (Wildman–Crippen MR) is 121 cm³/mol. The molecule has 1 aromatic heterocycles. The van der Waals surface area contributed by atoms with Crippen molar-refractivity contribution >= 4 is 40.4 Å². The van der Waals surface area contributed by atoms with E-state index in [0.717, 1.165) is 21.8 Å². The number of rotatable bonds is 5. The molecule has 1 aromatic carbocycles. The average Bonchev–Trinajstić information content (AvgIpc) is 2.90. The molecule has 0 spiro atoms. The van der Waals surface area contributed by atoms with Crippen molar-refractivity contribution in [3.63, 3.8) is 0 Å². The minimum Gasteiger partial charge on any atom is -0.340 e. The molecule has 0 aliphatic heterocycles. The van der Waals surface area contributed by atoms with Gasteiger partial charge in [0.15, 0.2) is 0 Å². The number of aromatic nitrogens is 1. The molecule has 1 unspecified atom stereocenters. The first-order chi connectivity index (χ1) is 14.7. The second-order valence-electron chi connectivity index (χ2n) is 6.35. The minimum atomic E-state index is -4.51. The van der Waals surface area contributed by atoms with Crippen molar-refractivity contribution < 1.29 is 17.4 Å². The van der Waals surface area contributed by atoms with Crippen LogP contribution in [0.4, 0.5) is 18.9 Å². The van der Waals surface area contributed by atoms with Gasteiger partial charge in [-0.15, -0.1) is 0 Å². The number of nitrogens with zero attached hydrogens (tertiary/aromatic N) is 2. The molecule has 1 aliphatic carbocycles. The number of alkyl halides is 3. The number of nitriles is 1. The summed E-state index contributed by atoms with van der Waals surface area (Å²) in [7, 11) is -2.26. The lowest BCUT2D eigenvalue weighted by atomic mass is 10.1. The molecule has 0 saturated heterocycles. The van der Waals surface area contributed by atoms with Crippen molar-refractivity contribution in [3.8, 4) is 17.3 Å². The molecule has 166 valence electrons. The number of hydrogen-bond donors (Lipinski definition) is 1. The third-order valence-electron chi connectivity index (χ3n) is 4.38. The van der Waals surface area contributed by atoms with Gasteiger partial charge in [0.2, 0.25) is 0 Å². The zero-order valence-electron chi connectivity index (χ0n) is 17.4. The zero-order chi connectivity index (χ0) is 23.2. The van der Waals surface area contributed by atoms with E-state index in [1.807, 2.05) is 43.6 Å². The van der Waals surface area contributed by atoms with Crippen LogP contribution in [0.3, 0.4) is 0 Å². The van der Waals surface area contributed by atoms with Crippen molar-refractivity contribution in [2.45, 2.75) is 39.9 Å². The molecule has 9 heteroatoms. The molecule has 1 N–H and O–H groups in total. The van der Waals surface area contributed by atoms with Crippen LogP contribution in [0.2, 0.25) is 0 Å². The van der Waals surface area contributed by atoms with Crippen molar-refractivity contribution in [3.05, 3.63) is 51.5 Å². The van der Waals surface area contributed by atoms with Gasteiger partial charge in [-0.3, -0.25) is 0 Å². The van der Waals surface area contributed by atoms with E-state index in [0.29, 0.717) is 29.2 Å². The maximum absolute atomic E-state index is 12.3. The van der Waals surface area contributed by atoms with Gasteiger partial charge in [0, 0.05) is 34.3 Å². The summed E-state index contributed by atoms with van der Waals surface area (Å²) >= 11 is 6.12. The standard InChI is InChI=1S/C20H17ClF3N3OS.C2H6/c1-2-27-18-10-6-14(21)5-9-16(18)17(11-25)19(27)13-3-7-15(8-4-13)26-29(28)12-20(22,23)24;1-2/h3-4,6-10,26H,2,5,12H2,1H3;1-2H3. The van der Waals surface area contributed by atoms with Gasteiger partial charge in [0.1, 0.15) is 22.8 Å². The van der Waals surface area contributed by atoms with Crippen molar-refractivity contribution in [2.24, 2.45) is 0 Å². The van der Waals surface area contributed by atoms with Crippen LogP contribution in [0.15, 0.2) is 35.4 Å². The number of benzene rings is 1. The molecule has 0 bridgehead atoms. The highest BCUT2D eigenvalue weighted by atomic mass is 35.5. The second kappa shape index (κ2) is 10.7. The lowest BCUT2D eigenvalue weighted by Gasteiger charge is -2.11. The highest BCUT2D eigenvalue weighted by Crippen LogP contribution is 2.25. The van der Waals surface area contributed by atoms with E-state index in [9.17, 15) is 22.6 Å². The van der Waals surface area contributed by atoms with Gasteiger partial charge < -0.3 is 9.29 Å². The minimum absolute atomic E-state index is 0.304. The third-order valence-corrected chi connectivity index (χ3v) is 5.71. The lowest BCUT2D eigenvalue weighted by molar-refractivity contribution is -0.105. The van der Waals surface area contributed by atoms with Crippen LogP contribution in [0.25, 0.3) is 23.4 Å². The third kappa shape index (κ3) is 6.02. The first kappa shape index (κ1) is 24.8. The Labute approximate surface area is 186 Å². The predicted octanol–water partition coefficient (Wildman–Crippen LogP) is 4.80. The van der Waals surface area contributed by atoms with Crippen LogP contribution < -0.4 is 15.3 Å². The summed E-state index contributed by atoms with van der Waals surface area (Å²) in [6, 6.07) is 8.75. The molecule has 3 rings (SSSR count). The first-order valence-electron chi connectivity index (χ1n) is 9.75. The van der Waals surface area contributed by atoms with Gasteiger partial charge in [-0.05, 0) is 36.8 Å². The van der Waals surface area contributed by atoms with Gasteiger partial charge in [0.05, 0.1) is 11.3 Å². The van der Waals surface area contributed by atoms with Gasteiger partial charge in [-0.1, -0.05) is 43.7 Å². The fourth-order valence-electron chi connectivity index (χ4n) is 3.23. The van der Waals surface area contributed by atoms with Gasteiger partial charge in [-0.2, -0.15) is 18.4 Å². The smallest absolute Gasteiger partial charge is 0.340 e. The van der Waals surface area contributed by atoms with Gasteiger partial charge >= 0.3 is 6.18 Å². The van der Waals surface area contributed by atoms with Crippen molar-refractivity contribution in [1.82, 2.24) is 4.57 Å². The number of anilines is 1. The highest BCUT2D eigenvalue weighted by molar-refractivity contribution is 7.86. The Kier molecular flexibility index (Phi) is 8.54. The van der Waals surface area contributed by atoms with Crippen molar-refractivity contribution in [1.29, 1.82) is 5.26 Å². The van der Waals surface area contributed by atoms with Crippen LogP contribution in [0.5, 0.6) is 0 Å². The molecule has 31 heavy (non-hydrogen) atoms. The number of hydrogen-bond acceptors (Lipinski definition) is 2. The van der Waals surface area contributed by atoms with Crippen LogP contribution in [0.1, 0.15) is 32.8 Å². The molecule has 1 heterocycles. The normalized spacial score (nSPS) is 13.8. The summed E-state index contributed by atoms with van der Waals surface area (Å²) in [4.78, 5) is 0. The zero-order valence-corrected chi connectivity index (χ0v) is 19.0. The summed E-state index contributed by atoms with van der Waals surface area (Å²) < 4.78 is 53.0. The summed E-state index contributed by atoms with van der Waals surface area (Å²) in [6.45, 7) is 6.58. The largest absolute Gasteiger partial charge is 0.402 e. The molecule has 0 fully saturated rings. The van der Waals surface area contributed by atoms with E-state index >= 15 is 0 Å². The maximum Gasteiger partial charge on any atom is 0.402 e. The number of nitrogens with one attached hydrogen (secondary N) is 1. The number of halogens is 4. The second-order valence-corrected chi connectivity index (χ2v) is 8.02. The van der Waals surface area contributed by atoms with Gasteiger partial charge in [-0.25, -0.2) is 4.21 Å². The Morgan fingerprint density at radius 1 is 1.23 bits per heavy atom. The summed E-state index contributed by atoms with van der Waals surface area (Å²) in [6.07, 6.45) is 1.63. The maximum atomic E-state index is 12.3. The molecule has 0 amide bonds. The van der Waals surface area contributed by atoms with Crippen LogP contribution >= 0.6 is 11.6 Å². The van der Waals surface area contributed by atoms with Crippen molar-refractivity contribution in [2.75, 3.05) is 10.5 Å². The molecule has 0 saturated carbocycles. The van der Waals surface area contributed by atoms with Crippen LogP contribution in [-0.2, 0) is 17.5 Å². The summed E-state index contributed by atoms with van der Waals surface area (Å²) in [5, 5.41) is 12.1. The summed E-state index contributed by atoms with van der Waals surface area (Å²) in [5.41, 5.74) is 2.28. The molecule has 1 atom stereocenters. The van der Waals surface area contributed by atoms with Gasteiger partial charge in [0.25, 0.3) is 0 Å². The highest BCUT2D eigenvalue weighted by Gasteiger charge is 2.30. The SMILES string of the molecule is CC.CCn1c(-c2ccc(NS(=O)CC(F)(F)F)cc2)c(C#N)c2c1=CC=C(Cl)CC=2. The number of allylic oxidation sites excluding steroid dienone is 2. The number of fused-ring (bicyclic) bond motifs is 1. The van der Waals surface area contributed by atoms with E-state index in [1.165, 1.54) is 0 Å².